The van der Waals surface area contributed by atoms with Crippen LogP contribution < -0.4 is 62.9 Å². The fourth-order valence-corrected chi connectivity index (χ4v) is 24.7. The average molecular weight is 1720 g/mol. The van der Waals surface area contributed by atoms with Gasteiger partial charge in [0.15, 0.2) is 0 Å². The smallest absolute Gasteiger partial charge is 0.329 e. The highest BCUT2D eigenvalue weighted by Crippen LogP contribution is 2.55. The molecule has 32 rings (SSSR count). The Morgan fingerprint density at radius 1 is 0.110 bits per heavy atom. The van der Waals surface area contributed by atoms with Gasteiger partial charge in [-0.05, 0) is 247 Å². The van der Waals surface area contributed by atoms with Gasteiger partial charge in [0.1, 0.15) is 0 Å². The van der Waals surface area contributed by atoms with Crippen LogP contribution in [-0.2, 0) is 0 Å². The minimum absolute atomic E-state index is 0.138. The Balaban J connectivity index is 0.0000000879. The molecule has 8 heterocycles. The van der Waals surface area contributed by atoms with Crippen molar-refractivity contribution in [2.24, 2.45) is 0 Å². The molecule has 0 saturated carbocycles. The molecule has 0 spiro atoms. The summed E-state index contributed by atoms with van der Waals surface area (Å²) in [4.78, 5) is 10.3. The summed E-state index contributed by atoms with van der Waals surface area (Å²) in [6.07, 6.45) is 0. The Bertz CT molecular complexity index is 8840. The van der Waals surface area contributed by atoms with E-state index in [1.807, 2.05) is 0 Å². The van der Waals surface area contributed by atoms with Crippen LogP contribution in [0.2, 0.25) is 0 Å². The van der Waals surface area contributed by atoms with E-state index in [1.165, 1.54) is 264 Å². The summed E-state index contributed by atoms with van der Waals surface area (Å²) in [5.41, 5.74) is 42.6. The first kappa shape index (κ1) is 76.5. The maximum atomic E-state index is 2.59. The maximum Gasteiger partial charge on any atom is 0.329 e. The number of anilines is 8. The lowest BCUT2D eigenvalue weighted by Gasteiger charge is -2.44. The van der Waals surface area contributed by atoms with Crippen LogP contribution in [-0.4, -0.2) is 27.4 Å². The minimum Gasteiger partial charge on any atom is -0.376 e. The van der Waals surface area contributed by atoms with Gasteiger partial charge in [-0.3, -0.25) is 0 Å². The van der Waals surface area contributed by atoms with Crippen LogP contribution in [0.15, 0.2) is 485 Å². The Morgan fingerprint density at radius 2 is 0.346 bits per heavy atom. The minimum atomic E-state index is 0.138. The molecule has 8 aliphatic heterocycles. The molecular weight excluding hydrogens is 1640 g/mol. The zero-order valence-corrected chi connectivity index (χ0v) is 74.3. The average Bonchev–Trinajstić information content (AvgIpc) is 0.716. The lowest BCUT2D eigenvalue weighted by atomic mass is 9.43. The second-order valence-corrected chi connectivity index (χ2v) is 37.4. The molecular formula is C128H80B4N4. The summed E-state index contributed by atoms with van der Waals surface area (Å²) in [5, 5.41) is 20.7. The molecule has 0 saturated heterocycles. The summed E-state index contributed by atoms with van der Waals surface area (Å²) in [5.74, 6) is 0. The van der Waals surface area contributed by atoms with E-state index in [2.05, 4.69) is 505 Å². The summed E-state index contributed by atoms with van der Waals surface area (Å²) < 4.78 is 0. The first-order chi connectivity index (χ1) is 67.5. The highest BCUT2D eigenvalue weighted by Gasteiger charge is 2.48. The van der Waals surface area contributed by atoms with Gasteiger partial charge in [-0.2, -0.15) is 0 Å². The fraction of sp³-hybridized carbons (Fsp3) is 0. The normalized spacial score (nSPS) is 13.2. The Kier molecular flexibility index (Phi) is 17.0. The van der Waals surface area contributed by atoms with Crippen molar-refractivity contribution in [2.45, 2.75) is 0 Å². The van der Waals surface area contributed by atoms with Gasteiger partial charge in [-0.1, -0.05) is 413 Å². The zero-order valence-electron chi connectivity index (χ0n) is 74.3. The van der Waals surface area contributed by atoms with Gasteiger partial charge in [0, 0.05) is 90.0 Å². The largest absolute Gasteiger partial charge is 0.376 e. The molecule has 0 fully saturated rings. The molecule has 8 aliphatic rings. The van der Waals surface area contributed by atoms with Crippen molar-refractivity contribution >= 4 is 203 Å². The topological polar surface area (TPSA) is 13.0 Å². The van der Waals surface area contributed by atoms with E-state index >= 15 is 0 Å². The predicted molar refractivity (Wildman–Crippen MR) is 584 cm³/mol. The number of nitrogens with zero attached hydrogens (tertiary/aromatic N) is 4. The molecule has 0 atom stereocenters. The molecule has 0 radical (unpaired) electrons. The third-order valence-corrected chi connectivity index (χ3v) is 30.5. The van der Waals surface area contributed by atoms with Crippen LogP contribution >= 0.6 is 0 Å². The molecule has 24 aromatic carbocycles. The van der Waals surface area contributed by atoms with Crippen molar-refractivity contribution < 1.29 is 0 Å². The highest BCUT2D eigenvalue weighted by atomic mass is 15.1. The second kappa shape index (κ2) is 30.2. The van der Waals surface area contributed by atoms with Gasteiger partial charge in [-0.25, -0.2) is 0 Å². The number of hydrogen-bond acceptors (Lipinski definition) is 4. The molecule has 0 aromatic heterocycles. The molecule has 4 nitrogen and oxygen atoms in total. The van der Waals surface area contributed by atoms with Crippen molar-refractivity contribution in [3.63, 3.8) is 0 Å². The molecule has 0 bridgehead atoms. The number of benzene rings is 24. The molecule has 0 N–H and O–H groups in total. The lowest BCUT2D eigenvalue weighted by Crippen LogP contribution is -2.59. The van der Waals surface area contributed by atoms with Gasteiger partial charge >= 0.3 is 27.4 Å². The van der Waals surface area contributed by atoms with E-state index in [0.717, 1.165) is 0 Å². The molecule has 136 heavy (non-hydrogen) atoms. The van der Waals surface area contributed by atoms with E-state index in [4.69, 9.17) is 0 Å². The van der Waals surface area contributed by atoms with Gasteiger partial charge in [0.25, 0.3) is 0 Å². The van der Waals surface area contributed by atoms with E-state index < -0.39 is 0 Å². The maximum absolute atomic E-state index is 2.59. The Labute approximate surface area is 790 Å². The molecule has 0 amide bonds. The van der Waals surface area contributed by atoms with Crippen LogP contribution in [0.5, 0.6) is 0 Å². The van der Waals surface area contributed by atoms with E-state index in [0.29, 0.717) is 0 Å². The number of fused-ring (bicyclic) bond motifs is 56. The molecule has 0 aliphatic carbocycles. The van der Waals surface area contributed by atoms with Crippen molar-refractivity contribution in [1.82, 2.24) is 0 Å². The summed E-state index contributed by atoms with van der Waals surface area (Å²) in [7, 11) is 0. The van der Waals surface area contributed by atoms with Crippen LogP contribution in [0.4, 0.5) is 45.5 Å². The number of rotatable bonds is 0. The molecule has 624 valence electrons. The quantitative estimate of drug-likeness (QED) is 0.140. The monoisotopic (exact) mass is 1720 g/mol. The molecule has 24 aromatic rings. The fourth-order valence-electron chi connectivity index (χ4n) is 24.7. The van der Waals surface area contributed by atoms with Crippen LogP contribution in [0.3, 0.4) is 0 Å². The second-order valence-electron chi connectivity index (χ2n) is 37.4. The SMILES string of the molecule is c1ccc2c(c1)B1c3cc4ccccc4cc3-c3c(ccc4ccccc34)N1c1ccccc1-2.c1ccc2c(c1)B1c3cc4ccccc4cc3-c3ccccc3N1c1ccc3ccccc3c1-2.c1ccc2c(c1)B1c3ccc4ccccc4c3-c3c(ccc4ccccc34)N1c1ccccc1-2.c1ccc2c(c1)B1c3ccccc3-c3cc4ccccc4cc3N1c1cc3ccccc3cc1-2. The van der Waals surface area contributed by atoms with Gasteiger partial charge < -0.3 is 19.2 Å². The third-order valence-electron chi connectivity index (χ3n) is 30.5. The van der Waals surface area contributed by atoms with E-state index in [1.54, 1.807) is 0 Å². The van der Waals surface area contributed by atoms with E-state index in [-0.39, 0.29) is 27.4 Å². The Hall–Kier alpha value is -17.2. The van der Waals surface area contributed by atoms with Gasteiger partial charge in [0.05, 0.1) is 0 Å². The lowest BCUT2D eigenvalue weighted by molar-refractivity contribution is 1.36. The molecule has 0 unspecified atom stereocenters. The van der Waals surface area contributed by atoms with Crippen LogP contribution in [0, 0.1) is 0 Å². The van der Waals surface area contributed by atoms with Crippen LogP contribution in [0.1, 0.15) is 0 Å². The van der Waals surface area contributed by atoms with Crippen LogP contribution in [0.25, 0.3) is 175 Å². The van der Waals surface area contributed by atoms with E-state index in [9.17, 15) is 0 Å². The van der Waals surface area contributed by atoms with Crippen molar-refractivity contribution in [3.05, 3.63) is 485 Å². The number of para-hydroxylation sites is 3. The van der Waals surface area contributed by atoms with Crippen molar-refractivity contribution in [3.8, 4) is 89.0 Å². The number of hydrogen-bond donors (Lipinski definition) is 0. The first-order valence-electron chi connectivity index (χ1n) is 47.6. The summed E-state index contributed by atoms with van der Waals surface area (Å²) in [6, 6.07) is 179. The summed E-state index contributed by atoms with van der Waals surface area (Å²) >= 11 is 0. The van der Waals surface area contributed by atoms with Gasteiger partial charge in [-0.15, -0.1) is 0 Å². The molecule has 8 heteroatoms. The predicted octanol–water partition coefficient (Wildman–Crippen LogP) is 27.6. The van der Waals surface area contributed by atoms with Crippen molar-refractivity contribution in [2.75, 3.05) is 19.2 Å². The van der Waals surface area contributed by atoms with Crippen molar-refractivity contribution in [1.29, 1.82) is 0 Å². The van der Waals surface area contributed by atoms with Gasteiger partial charge in [0.2, 0.25) is 0 Å². The first-order valence-corrected chi connectivity index (χ1v) is 47.6. The third kappa shape index (κ3) is 11.4. The zero-order chi connectivity index (χ0) is 88.9. The highest BCUT2D eigenvalue weighted by molar-refractivity contribution is 6.95. The summed E-state index contributed by atoms with van der Waals surface area (Å²) in [6.45, 7) is 0.563. The standard InChI is InChI=1S/4C32H20BN/c1-3-11-23-19-31-27(17-21(23)9-1)25-13-5-7-15-29(25)33-30-16-8-6-14-26(30)28-18-22-10-2-4-12-24(22)20-32(28)34(31)33;1-3-11-23-21(9-1)17-19-28-31(23)32-24-12-4-2-10-22(24)18-20-30(32)34-29-16-8-6-14-26(29)25-13-5-7-15-27(25)33(28)34;1-2-11-23-20-29-27(19-22(23)10-1)25-13-6-8-16-30(25)34-31-18-17-21-9-3-4-12-24(21)32(31)26-14-5-7-15-28(26)33(29)34;1-2-11-23-20-29-27(19-22(23)10-1)32-24-12-4-3-9-21(24)17-18-31(32)34-30-16-8-6-14-26(30)25-13-5-7-15-28(25)33(29)34/h4*1-20H. The Morgan fingerprint density at radius 3 is 0.750 bits per heavy atom.